The maximum Gasteiger partial charge on any atom is 0.251 e. The normalized spacial score (nSPS) is 11.1. The number of ether oxygens (including phenoxy) is 1. The second-order valence-electron chi connectivity index (χ2n) is 4.97. The summed E-state index contributed by atoms with van der Waals surface area (Å²) < 4.78 is 4.94. The number of phenols is 1. The van der Waals surface area contributed by atoms with Gasteiger partial charge in [-0.2, -0.15) is 0 Å². The van der Waals surface area contributed by atoms with Gasteiger partial charge in [-0.25, -0.2) is 0 Å². The number of carbonyl (C=O) groups excluding carboxylic acids is 1. The van der Waals surface area contributed by atoms with E-state index in [1.54, 1.807) is 12.1 Å². The molecule has 0 aliphatic heterocycles. The molecule has 1 amide bonds. The van der Waals surface area contributed by atoms with Crippen molar-refractivity contribution in [1.29, 1.82) is 0 Å². The smallest absolute Gasteiger partial charge is 0.251 e. The number of rotatable bonds is 5. The van der Waals surface area contributed by atoms with E-state index in [-0.39, 0.29) is 17.2 Å². The summed E-state index contributed by atoms with van der Waals surface area (Å²) in [5, 5.41) is 12.6. The Morgan fingerprint density at radius 3 is 2.61 bits per heavy atom. The van der Waals surface area contributed by atoms with Crippen LogP contribution in [0.1, 0.15) is 44.0 Å². The average molecular weight is 251 g/mol. The maximum absolute atomic E-state index is 12.0. The lowest BCUT2D eigenvalue weighted by Gasteiger charge is -2.25. The highest BCUT2D eigenvalue weighted by molar-refractivity contribution is 5.95. The van der Waals surface area contributed by atoms with Crippen LogP contribution < -0.4 is 10.1 Å². The number of carbonyl (C=O) groups is 1. The number of benzene rings is 1. The molecule has 0 saturated carbocycles. The maximum atomic E-state index is 12.0. The van der Waals surface area contributed by atoms with Gasteiger partial charge in [0.05, 0.1) is 7.11 Å². The van der Waals surface area contributed by atoms with Crippen molar-refractivity contribution in [3.05, 3.63) is 23.8 Å². The largest absolute Gasteiger partial charge is 0.504 e. The van der Waals surface area contributed by atoms with Crippen molar-refractivity contribution >= 4 is 5.91 Å². The van der Waals surface area contributed by atoms with E-state index in [1.807, 2.05) is 13.8 Å². The van der Waals surface area contributed by atoms with E-state index in [9.17, 15) is 9.90 Å². The number of amides is 1. The minimum Gasteiger partial charge on any atom is -0.504 e. The van der Waals surface area contributed by atoms with Gasteiger partial charge in [0, 0.05) is 11.1 Å². The van der Waals surface area contributed by atoms with Crippen LogP contribution in [0.5, 0.6) is 11.5 Å². The molecule has 0 saturated heterocycles. The molecule has 4 nitrogen and oxygen atoms in total. The van der Waals surface area contributed by atoms with E-state index < -0.39 is 0 Å². The molecule has 0 fully saturated rings. The number of hydrogen-bond acceptors (Lipinski definition) is 3. The van der Waals surface area contributed by atoms with Crippen LogP contribution in [-0.4, -0.2) is 23.7 Å². The molecule has 0 aliphatic carbocycles. The van der Waals surface area contributed by atoms with Gasteiger partial charge in [-0.15, -0.1) is 0 Å². The van der Waals surface area contributed by atoms with Gasteiger partial charge in [-0.3, -0.25) is 4.79 Å². The van der Waals surface area contributed by atoms with Crippen molar-refractivity contribution in [3.8, 4) is 11.5 Å². The summed E-state index contributed by atoms with van der Waals surface area (Å²) in [5.74, 6) is 0.143. The minimum absolute atomic E-state index is 0.0292. The lowest BCUT2D eigenvalue weighted by atomic mass is 9.98. The molecule has 0 aromatic heterocycles. The van der Waals surface area contributed by atoms with Gasteiger partial charge in [0.15, 0.2) is 11.5 Å². The first-order chi connectivity index (χ1) is 8.39. The molecule has 0 unspecified atom stereocenters. The second-order valence-corrected chi connectivity index (χ2v) is 4.97. The molecule has 1 rings (SSSR count). The third-order valence-corrected chi connectivity index (χ3v) is 2.77. The lowest BCUT2D eigenvalue weighted by Crippen LogP contribution is -2.43. The van der Waals surface area contributed by atoms with Crippen molar-refractivity contribution in [1.82, 2.24) is 5.32 Å². The first-order valence-corrected chi connectivity index (χ1v) is 6.09. The fourth-order valence-corrected chi connectivity index (χ4v) is 1.90. The monoisotopic (exact) mass is 251 g/mol. The average Bonchev–Trinajstić information content (AvgIpc) is 2.28. The Morgan fingerprint density at radius 2 is 2.11 bits per heavy atom. The van der Waals surface area contributed by atoms with Crippen molar-refractivity contribution < 1.29 is 14.6 Å². The molecule has 1 aromatic rings. The predicted molar refractivity (Wildman–Crippen MR) is 71.1 cm³/mol. The third kappa shape index (κ3) is 3.65. The van der Waals surface area contributed by atoms with Gasteiger partial charge in [0.25, 0.3) is 5.91 Å². The van der Waals surface area contributed by atoms with Gasteiger partial charge >= 0.3 is 0 Å². The first kappa shape index (κ1) is 14.4. The van der Waals surface area contributed by atoms with Crippen LogP contribution in [0, 0.1) is 0 Å². The van der Waals surface area contributed by atoms with Gasteiger partial charge < -0.3 is 15.2 Å². The zero-order valence-corrected chi connectivity index (χ0v) is 11.4. The highest BCUT2D eigenvalue weighted by Gasteiger charge is 2.20. The Morgan fingerprint density at radius 1 is 1.44 bits per heavy atom. The van der Waals surface area contributed by atoms with E-state index in [0.717, 1.165) is 12.8 Å². The summed E-state index contributed by atoms with van der Waals surface area (Å²) >= 11 is 0. The predicted octanol–water partition coefficient (Wildman–Crippen LogP) is 2.71. The standard InChI is InChI=1S/C14H21NO3/c1-5-8-14(2,3)15-13(17)10-6-7-12(18-4)11(16)9-10/h6-7,9,16H,5,8H2,1-4H3,(H,15,17). The zero-order chi connectivity index (χ0) is 13.8. The Bertz CT molecular complexity index is 427. The van der Waals surface area contributed by atoms with E-state index in [2.05, 4.69) is 12.2 Å². The molecular formula is C14H21NO3. The molecule has 0 radical (unpaired) electrons. The topological polar surface area (TPSA) is 58.6 Å². The molecule has 1 aromatic carbocycles. The summed E-state index contributed by atoms with van der Waals surface area (Å²) in [6, 6.07) is 4.63. The molecule has 0 spiro atoms. The molecule has 18 heavy (non-hydrogen) atoms. The van der Waals surface area contributed by atoms with E-state index >= 15 is 0 Å². The van der Waals surface area contributed by atoms with Gasteiger partial charge in [-0.05, 0) is 38.5 Å². The van der Waals surface area contributed by atoms with E-state index in [1.165, 1.54) is 13.2 Å². The number of phenolic OH excluding ortho intramolecular Hbond substituents is 1. The highest BCUT2D eigenvalue weighted by Crippen LogP contribution is 2.26. The van der Waals surface area contributed by atoms with Crippen molar-refractivity contribution in [3.63, 3.8) is 0 Å². The van der Waals surface area contributed by atoms with Gasteiger partial charge in [0.2, 0.25) is 0 Å². The molecule has 100 valence electrons. The van der Waals surface area contributed by atoms with Crippen molar-refractivity contribution in [2.45, 2.75) is 39.2 Å². The molecule has 0 aliphatic rings. The fourth-order valence-electron chi connectivity index (χ4n) is 1.90. The van der Waals surface area contributed by atoms with E-state index in [4.69, 9.17) is 4.74 Å². The first-order valence-electron chi connectivity index (χ1n) is 6.09. The van der Waals surface area contributed by atoms with Crippen LogP contribution in [0.2, 0.25) is 0 Å². The molecule has 2 N–H and O–H groups in total. The summed E-state index contributed by atoms with van der Waals surface area (Å²) in [5.41, 5.74) is 0.180. The Labute approximate surface area is 108 Å². The third-order valence-electron chi connectivity index (χ3n) is 2.77. The number of hydrogen-bond donors (Lipinski definition) is 2. The van der Waals surface area contributed by atoms with Crippen LogP contribution in [0.3, 0.4) is 0 Å². The summed E-state index contributed by atoms with van der Waals surface area (Å²) in [7, 11) is 1.47. The molecule has 4 heteroatoms. The van der Waals surface area contributed by atoms with Crippen LogP contribution in [-0.2, 0) is 0 Å². The zero-order valence-electron chi connectivity index (χ0n) is 11.4. The van der Waals surface area contributed by atoms with Crippen LogP contribution in [0.4, 0.5) is 0 Å². The van der Waals surface area contributed by atoms with Crippen LogP contribution in [0.15, 0.2) is 18.2 Å². The number of methoxy groups -OCH3 is 1. The summed E-state index contributed by atoms with van der Waals surface area (Å²) in [6.07, 6.45) is 1.90. The fraction of sp³-hybridized carbons (Fsp3) is 0.500. The minimum atomic E-state index is -0.249. The number of aromatic hydroxyl groups is 1. The Kier molecular flexibility index (Phi) is 4.59. The Balaban J connectivity index is 2.82. The SMILES string of the molecule is CCCC(C)(C)NC(=O)c1ccc(OC)c(O)c1. The van der Waals surface area contributed by atoms with Crippen molar-refractivity contribution in [2.75, 3.05) is 7.11 Å². The number of nitrogens with one attached hydrogen (secondary N) is 1. The van der Waals surface area contributed by atoms with Crippen LogP contribution >= 0.6 is 0 Å². The van der Waals surface area contributed by atoms with Crippen LogP contribution in [0.25, 0.3) is 0 Å². The van der Waals surface area contributed by atoms with Gasteiger partial charge in [-0.1, -0.05) is 13.3 Å². The summed E-state index contributed by atoms with van der Waals surface area (Å²) in [4.78, 5) is 12.0. The van der Waals surface area contributed by atoms with E-state index in [0.29, 0.717) is 11.3 Å². The second kappa shape index (κ2) is 5.76. The Hall–Kier alpha value is -1.71. The van der Waals surface area contributed by atoms with Crippen molar-refractivity contribution in [2.24, 2.45) is 0 Å². The molecule has 0 bridgehead atoms. The van der Waals surface area contributed by atoms with Gasteiger partial charge in [0.1, 0.15) is 0 Å². The molecule has 0 heterocycles. The molecule has 0 atom stereocenters. The quantitative estimate of drug-likeness (QED) is 0.846. The highest BCUT2D eigenvalue weighted by atomic mass is 16.5. The lowest BCUT2D eigenvalue weighted by molar-refractivity contribution is 0.0908. The molecular weight excluding hydrogens is 230 g/mol. The summed E-state index contributed by atoms with van der Waals surface area (Å²) in [6.45, 7) is 6.04.